The van der Waals surface area contributed by atoms with Crippen molar-refractivity contribution in [1.82, 2.24) is 24.3 Å². The fraction of sp³-hybridized carbons (Fsp3) is 0.0952. The van der Waals surface area contributed by atoms with Crippen LogP contribution < -0.4 is 10.5 Å². The highest BCUT2D eigenvalue weighted by Gasteiger charge is 2.18. The van der Waals surface area contributed by atoms with Gasteiger partial charge in [-0.2, -0.15) is 18.6 Å². The number of nitrogens with two attached hydrogens (primary N) is 1. The molecule has 0 saturated heterocycles. The Morgan fingerprint density at radius 1 is 1.03 bits per heavy atom. The Bertz CT molecular complexity index is 1350. The molecule has 2 aromatic carbocycles. The van der Waals surface area contributed by atoms with E-state index in [1.165, 1.54) is 16.9 Å². The molecule has 9 nitrogen and oxygen atoms in total. The van der Waals surface area contributed by atoms with Crippen LogP contribution in [0.5, 0.6) is 0 Å². The van der Waals surface area contributed by atoms with Crippen LogP contribution in [-0.4, -0.2) is 33.9 Å². The first-order valence-electron chi connectivity index (χ1n) is 9.64. The smallest absolute Gasteiger partial charge is 0.283 e. The monoisotopic (exact) mass is 503 g/mol. The highest BCUT2D eigenvalue weighted by atomic mass is 35.5. The van der Waals surface area contributed by atoms with Crippen molar-refractivity contribution < 1.29 is 8.42 Å². The van der Waals surface area contributed by atoms with Crippen LogP contribution in [-0.2, 0) is 23.6 Å². The first-order chi connectivity index (χ1) is 15.7. The maximum atomic E-state index is 12.4. The molecule has 0 fully saturated rings. The lowest BCUT2D eigenvalue weighted by atomic mass is 10.1. The van der Waals surface area contributed by atoms with Crippen LogP contribution >= 0.6 is 23.2 Å². The number of sulfonamides is 1. The number of aromatic nitrogens is 4. The molecule has 0 atom stereocenters. The molecule has 0 spiro atoms. The summed E-state index contributed by atoms with van der Waals surface area (Å²) < 4.78 is 30.1. The fourth-order valence-corrected chi connectivity index (χ4v) is 4.21. The van der Waals surface area contributed by atoms with Crippen molar-refractivity contribution in [3.8, 4) is 16.9 Å². The Morgan fingerprint density at radius 3 is 2.27 bits per heavy atom. The maximum absolute atomic E-state index is 12.4. The van der Waals surface area contributed by atoms with E-state index in [4.69, 9.17) is 28.9 Å². The van der Waals surface area contributed by atoms with Gasteiger partial charge in [0.25, 0.3) is 10.0 Å². The van der Waals surface area contributed by atoms with Crippen molar-refractivity contribution in [2.45, 2.75) is 11.6 Å². The minimum atomic E-state index is -3.93. The fourth-order valence-electron chi connectivity index (χ4n) is 3.04. The minimum absolute atomic E-state index is 0.0533. The number of halogens is 2. The molecule has 4 rings (SSSR count). The van der Waals surface area contributed by atoms with Gasteiger partial charge in [0.15, 0.2) is 5.03 Å². The van der Waals surface area contributed by atoms with E-state index >= 15 is 0 Å². The van der Waals surface area contributed by atoms with E-state index in [1.54, 1.807) is 36.0 Å². The van der Waals surface area contributed by atoms with Crippen LogP contribution in [0.3, 0.4) is 0 Å². The van der Waals surface area contributed by atoms with Gasteiger partial charge in [-0.25, -0.2) is 14.4 Å². The predicted molar refractivity (Wildman–Crippen MR) is 128 cm³/mol. The van der Waals surface area contributed by atoms with Gasteiger partial charge in [0.05, 0.1) is 23.6 Å². The van der Waals surface area contributed by atoms with Gasteiger partial charge in [-0.15, -0.1) is 0 Å². The quantitative estimate of drug-likeness (QED) is 0.308. The molecule has 0 amide bonds. The predicted octanol–water partition coefficient (Wildman–Crippen LogP) is 3.37. The van der Waals surface area contributed by atoms with Crippen molar-refractivity contribution in [3.05, 3.63) is 82.6 Å². The Hall–Kier alpha value is -3.34. The molecule has 0 radical (unpaired) electrons. The standard InChI is InChI=1S/C21H19Cl2N7O2S/c1-29-11-10-20(27-29)33(31,32)28-21(24)25-13-17-12-19(14-2-4-15(22)5-3-14)30(26-17)18-8-6-16(23)7-9-18/h2-12H,13H2,1H3,(H3,24,25,28). The summed E-state index contributed by atoms with van der Waals surface area (Å²) in [4.78, 5) is 4.13. The number of guanidine groups is 1. The van der Waals surface area contributed by atoms with Crippen molar-refractivity contribution in [3.63, 3.8) is 0 Å². The first kappa shape index (κ1) is 22.8. The molecule has 0 saturated carbocycles. The zero-order chi connectivity index (χ0) is 23.6. The summed E-state index contributed by atoms with van der Waals surface area (Å²) in [5, 5.41) is 9.57. The van der Waals surface area contributed by atoms with Crippen LogP contribution in [0.4, 0.5) is 0 Å². The summed E-state index contributed by atoms with van der Waals surface area (Å²) in [6.45, 7) is 0.0533. The Labute approximate surface area is 200 Å². The summed E-state index contributed by atoms with van der Waals surface area (Å²) in [7, 11) is -2.31. The zero-order valence-electron chi connectivity index (χ0n) is 17.4. The third-order valence-electron chi connectivity index (χ3n) is 4.59. The van der Waals surface area contributed by atoms with E-state index in [2.05, 4.69) is 19.9 Å². The first-order valence-corrected chi connectivity index (χ1v) is 11.9. The number of hydrogen-bond acceptors (Lipinski definition) is 5. The van der Waals surface area contributed by atoms with E-state index < -0.39 is 10.0 Å². The molecular formula is C21H19Cl2N7O2S. The molecule has 4 aromatic rings. The molecule has 170 valence electrons. The number of aryl methyl sites for hydroxylation is 1. The van der Waals surface area contributed by atoms with Crippen molar-refractivity contribution in [2.24, 2.45) is 17.8 Å². The van der Waals surface area contributed by atoms with Crippen LogP contribution in [0, 0.1) is 0 Å². The average molecular weight is 504 g/mol. The molecule has 2 aromatic heterocycles. The summed E-state index contributed by atoms with van der Waals surface area (Å²) in [5.41, 5.74) is 8.87. The van der Waals surface area contributed by atoms with Crippen LogP contribution in [0.2, 0.25) is 10.0 Å². The Kier molecular flexibility index (Phi) is 6.41. The lowest BCUT2D eigenvalue weighted by Gasteiger charge is -2.08. The summed E-state index contributed by atoms with van der Waals surface area (Å²) in [5.74, 6) is -0.269. The third kappa shape index (κ3) is 5.36. The summed E-state index contributed by atoms with van der Waals surface area (Å²) >= 11 is 12.1. The van der Waals surface area contributed by atoms with Gasteiger partial charge in [0.1, 0.15) is 0 Å². The number of benzene rings is 2. The average Bonchev–Trinajstić information content (AvgIpc) is 3.40. The number of hydrogen-bond donors (Lipinski definition) is 2. The lowest BCUT2D eigenvalue weighted by Crippen LogP contribution is -2.37. The number of rotatable bonds is 6. The van der Waals surface area contributed by atoms with Crippen molar-refractivity contribution >= 4 is 39.2 Å². The van der Waals surface area contributed by atoms with Gasteiger partial charge < -0.3 is 5.73 Å². The number of nitrogens with zero attached hydrogens (tertiary/aromatic N) is 5. The largest absolute Gasteiger partial charge is 0.369 e. The van der Waals surface area contributed by atoms with Crippen LogP contribution in [0.15, 0.2) is 76.9 Å². The molecule has 12 heteroatoms. The van der Waals surface area contributed by atoms with E-state index in [0.29, 0.717) is 15.7 Å². The Balaban J connectivity index is 1.62. The lowest BCUT2D eigenvalue weighted by molar-refractivity contribution is 0.584. The zero-order valence-corrected chi connectivity index (χ0v) is 19.7. The molecular weight excluding hydrogens is 485 g/mol. The molecule has 0 aliphatic carbocycles. The Morgan fingerprint density at radius 2 is 1.67 bits per heavy atom. The van der Waals surface area contributed by atoms with Crippen LogP contribution in [0.1, 0.15) is 5.69 Å². The van der Waals surface area contributed by atoms with E-state index in [-0.39, 0.29) is 17.5 Å². The molecule has 0 unspecified atom stereocenters. The van der Waals surface area contributed by atoms with Gasteiger partial charge in [0.2, 0.25) is 5.96 Å². The van der Waals surface area contributed by atoms with E-state index in [0.717, 1.165) is 16.9 Å². The van der Waals surface area contributed by atoms with E-state index in [9.17, 15) is 8.42 Å². The molecule has 0 bridgehead atoms. The molecule has 0 aliphatic rings. The highest BCUT2D eigenvalue weighted by Crippen LogP contribution is 2.26. The molecule has 0 aliphatic heterocycles. The molecule has 2 heterocycles. The van der Waals surface area contributed by atoms with Gasteiger partial charge >= 0.3 is 0 Å². The number of nitrogens with one attached hydrogen (secondary N) is 1. The highest BCUT2D eigenvalue weighted by molar-refractivity contribution is 7.90. The van der Waals surface area contributed by atoms with Gasteiger partial charge in [-0.05, 0) is 48.5 Å². The molecule has 33 heavy (non-hydrogen) atoms. The van der Waals surface area contributed by atoms with Crippen LogP contribution in [0.25, 0.3) is 16.9 Å². The topological polar surface area (TPSA) is 120 Å². The third-order valence-corrected chi connectivity index (χ3v) is 6.34. The second-order valence-electron chi connectivity index (χ2n) is 7.05. The number of aliphatic imine (C=N–C) groups is 1. The van der Waals surface area contributed by atoms with Gasteiger partial charge in [-0.3, -0.25) is 4.68 Å². The second-order valence-corrected chi connectivity index (χ2v) is 9.55. The SMILES string of the molecule is Cn1ccc(S(=O)(=O)NC(N)=NCc2cc(-c3ccc(Cl)cc3)n(-c3ccc(Cl)cc3)n2)n1. The maximum Gasteiger partial charge on any atom is 0.283 e. The van der Waals surface area contributed by atoms with Crippen molar-refractivity contribution in [2.75, 3.05) is 0 Å². The summed E-state index contributed by atoms with van der Waals surface area (Å²) in [6.07, 6.45) is 1.52. The summed E-state index contributed by atoms with van der Waals surface area (Å²) in [6, 6.07) is 17.8. The molecule has 3 N–H and O–H groups in total. The second kappa shape index (κ2) is 9.26. The minimum Gasteiger partial charge on any atom is -0.369 e. The van der Waals surface area contributed by atoms with Crippen molar-refractivity contribution in [1.29, 1.82) is 0 Å². The van der Waals surface area contributed by atoms with Gasteiger partial charge in [0, 0.05) is 28.9 Å². The van der Waals surface area contributed by atoms with Gasteiger partial charge in [-0.1, -0.05) is 35.3 Å². The normalized spacial score (nSPS) is 12.2. The van der Waals surface area contributed by atoms with E-state index in [1.807, 2.05) is 30.3 Å².